The molecule has 0 aliphatic heterocycles. The molecule has 3 aromatic rings. The molecular formula is C22H22N2O2S. The van der Waals surface area contributed by atoms with Gasteiger partial charge in [-0.2, -0.15) is 0 Å². The van der Waals surface area contributed by atoms with E-state index in [0.29, 0.717) is 11.5 Å². The van der Waals surface area contributed by atoms with E-state index in [0.717, 1.165) is 25.2 Å². The molecule has 0 aliphatic carbocycles. The zero-order chi connectivity index (χ0) is 18.9. The Labute approximate surface area is 164 Å². The number of rotatable bonds is 9. The van der Waals surface area contributed by atoms with Crippen molar-refractivity contribution in [2.24, 2.45) is 0 Å². The van der Waals surface area contributed by atoms with Crippen LogP contribution in [0.5, 0.6) is 11.5 Å². The van der Waals surface area contributed by atoms with Crippen LogP contribution in [-0.4, -0.2) is 23.6 Å². The van der Waals surface area contributed by atoms with Crippen LogP contribution in [0.1, 0.15) is 16.0 Å². The molecule has 2 aromatic heterocycles. The molecule has 0 N–H and O–H groups in total. The lowest BCUT2D eigenvalue weighted by molar-refractivity contribution is 0.249. The number of thiophene rings is 1. The summed E-state index contributed by atoms with van der Waals surface area (Å²) in [6.07, 6.45) is 8.99. The summed E-state index contributed by atoms with van der Waals surface area (Å²) >= 11 is 1.77. The van der Waals surface area contributed by atoms with E-state index < -0.39 is 0 Å². The van der Waals surface area contributed by atoms with Crippen LogP contribution in [0.3, 0.4) is 0 Å². The molecule has 0 aliphatic rings. The average molecular weight is 378 g/mol. The Balaban J connectivity index is 1.77. The lowest BCUT2D eigenvalue weighted by Gasteiger charge is -2.22. The summed E-state index contributed by atoms with van der Waals surface area (Å²) < 4.78 is 11.0. The number of hydrogen-bond acceptors (Lipinski definition) is 5. The average Bonchev–Trinajstić information content (AvgIpc) is 3.20. The maximum atomic E-state index is 5.54. The van der Waals surface area contributed by atoms with Crippen LogP contribution in [0.2, 0.25) is 0 Å². The van der Waals surface area contributed by atoms with Crippen LogP contribution in [-0.2, 0) is 19.6 Å². The van der Waals surface area contributed by atoms with E-state index in [1.165, 1.54) is 10.4 Å². The van der Waals surface area contributed by atoms with Gasteiger partial charge in [0.1, 0.15) is 6.61 Å². The van der Waals surface area contributed by atoms with E-state index in [9.17, 15) is 0 Å². The number of nitrogens with zero attached hydrogens (tertiary/aromatic N) is 2. The Morgan fingerprint density at radius 1 is 1.07 bits per heavy atom. The summed E-state index contributed by atoms with van der Waals surface area (Å²) in [5.74, 6) is 3.83. The summed E-state index contributed by atoms with van der Waals surface area (Å²) in [6.45, 7) is 2.72. The molecule has 138 valence electrons. The summed E-state index contributed by atoms with van der Waals surface area (Å²) in [6, 6.07) is 14.3. The van der Waals surface area contributed by atoms with Crippen LogP contribution in [0, 0.1) is 12.3 Å². The molecule has 0 radical (unpaired) electrons. The van der Waals surface area contributed by atoms with Gasteiger partial charge >= 0.3 is 0 Å². The van der Waals surface area contributed by atoms with Gasteiger partial charge in [-0.05, 0) is 40.8 Å². The van der Waals surface area contributed by atoms with E-state index in [1.54, 1.807) is 24.6 Å². The predicted octanol–water partition coefficient (Wildman–Crippen LogP) is 4.37. The summed E-state index contributed by atoms with van der Waals surface area (Å²) in [4.78, 5) is 7.95. The molecule has 0 unspecified atom stereocenters. The first-order chi connectivity index (χ1) is 13.3. The minimum absolute atomic E-state index is 0.223. The van der Waals surface area contributed by atoms with Gasteiger partial charge in [-0.25, -0.2) is 0 Å². The Kier molecular flexibility index (Phi) is 6.86. The highest BCUT2D eigenvalue weighted by molar-refractivity contribution is 7.09. The van der Waals surface area contributed by atoms with Gasteiger partial charge in [0.15, 0.2) is 11.5 Å². The first-order valence-corrected chi connectivity index (χ1v) is 9.53. The maximum Gasteiger partial charge on any atom is 0.162 e. The van der Waals surface area contributed by atoms with Crippen molar-refractivity contribution in [1.82, 2.24) is 9.88 Å². The second-order valence-corrected chi connectivity index (χ2v) is 7.10. The molecule has 0 atom stereocenters. The number of pyridine rings is 1. The van der Waals surface area contributed by atoms with E-state index >= 15 is 0 Å². The van der Waals surface area contributed by atoms with Crippen molar-refractivity contribution in [1.29, 1.82) is 0 Å². The molecule has 2 heterocycles. The maximum absolute atomic E-state index is 5.54. The highest BCUT2D eigenvalue weighted by atomic mass is 32.1. The van der Waals surface area contributed by atoms with Gasteiger partial charge in [-0.15, -0.1) is 17.8 Å². The standard InChI is InChI=1S/C22H22N2O2S/c1-3-11-26-21-9-8-18(13-22(21)25-2)15-24(17-20-7-5-12-27-20)16-19-6-4-10-23-14-19/h1,4-10,12-14H,11,15-17H2,2H3. The van der Waals surface area contributed by atoms with Gasteiger partial charge < -0.3 is 9.47 Å². The summed E-state index contributed by atoms with van der Waals surface area (Å²) in [5.41, 5.74) is 2.34. The second-order valence-electron chi connectivity index (χ2n) is 6.06. The molecule has 27 heavy (non-hydrogen) atoms. The van der Waals surface area contributed by atoms with Crippen LogP contribution in [0.25, 0.3) is 0 Å². The van der Waals surface area contributed by atoms with Crippen LogP contribution in [0.4, 0.5) is 0 Å². The van der Waals surface area contributed by atoms with Crippen molar-refractivity contribution in [3.05, 3.63) is 76.2 Å². The first-order valence-electron chi connectivity index (χ1n) is 8.65. The SMILES string of the molecule is C#CCOc1ccc(CN(Cc2cccnc2)Cc2cccs2)cc1OC. The largest absolute Gasteiger partial charge is 0.493 e. The number of terminal acetylenes is 1. The lowest BCUT2D eigenvalue weighted by Crippen LogP contribution is -2.22. The summed E-state index contributed by atoms with van der Waals surface area (Å²) in [5, 5.41) is 2.11. The molecule has 0 spiro atoms. The van der Waals surface area contributed by atoms with Gasteiger partial charge in [0.05, 0.1) is 7.11 Å². The molecule has 4 nitrogen and oxygen atoms in total. The minimum Gasteiger partial charge on any atom is -0.493 e. The third-order valence-electron chi connectivity index (χ3n) is 4.03. The summed E-state index contributed by atoms with van der Waals surface area (Å²) in [7, 11) is 1.64. The third-order valence-corrected chi connectivity index (χ3v) is 4.89. The Hall–Kier alpha value is -2.81. The second kappa shape index (κ2) is 9.77. The molecule has 0 saturated heterocycles. The zero-order valence-electron chi connectivity index (χ0n) is 15.3. The van der Waals surface area contributed by atoms with Crippen molar-refractivity contribution in [3.8, 4) is 23.8 Å². The van der Waals surface area contributed by atoms with Gasteiger partial charge in [-0.1, -0.05) is 24.1 Å². The van der Waals surface area contributed by atoms with Gasteiger partial charge in [0, 0.05) is 36.9 Å². The van der Waals surface area contributed by atoms with Crippen LogP contribution in [0.15, 0.2) is 60.2 Å². The lowest BCUT2D eigenvalue weighted by atomic mass is 10.1. The number of benzene rings is 1. The number of ether oxygens (including phenoxy) is 2. The zero-order valence-corrected chi connectivity index (χ0v) is 16.1. The molecule has 3 rings (SSSR count). The normalized spacial score (nSPS) is 10.6. The smallest absolute Gasteiger partial charge is 0.162 e. The van der Waals surface area contributed by atoms with Crippen molar-refractivity contribution in [2.45, 2.75) is 19.6 Å². The van der Waals surface area contributed by atoms with Gasteiger partial charge in [-0.3, -0.25) is 9.88 Å². The molecular weight excluding hydrogens is 356 g/mol. The van der Waals surface area contributed by atoms with Crippen molar-refractivity contribution in [2.75, 3.05) is 13.7 Å². The van der Waals surface area contributed by atoms with Gasteiger partial charge in [0.25, 0.3) is 0 Å². The molecule has 0 fully saturated rings. The number of methoxy groups -OCH3 is 1. The van der Waals surface area contributed by atoms with E-state index in [-0.39, 0.29) is 6.61 Å². The number of hydrogen-bond donors (Lipinski definition) is 0. The first kappa shape index (κ1) is 19.0. The fraction of sp³-hybridized carbons (Fsp3) is 0.227. The fourth-order valence-corrected chi connectivity index (χ4v) is 3.59. The molecule has 0 amide bonds. The highest BCUT2D eigenvalue weighted by Crippen LogP contribution is 2.29. The molecule has 0 bridgehead atoms. The van der Waals surface area contributed by atoms with E-state index in [4.69, 9.17) is 15.9 Å². The van der Waals surface area contributed by atoms with Crippen molar-refractivity contribution < 1.29 is 9.47 Å². The monoisotopic (exact) mass is 378 g/mol. The van der Waals surface area contributed by atoms with E-state index in [1.807, 2.05) is 24.4 Å². The van der Waals surface area contributed by atoms with Crippen molar-refractivity contribution >= 4 is 11.3 Å². The minimum atomic E-state index is 0.223. The topological polar surface area (TPSA) is 34.6 Å². The quantitative estimate of drug-likeness (QED) is 0.518. The van der Waals surface area contributed by atoms with Crippen LogP contribution >= 0.6 is 11.3 Å². The molecule has 1 aromatic carbocycles. The Morgan fingerprint density at radius 3 is 2.67 bits per heavy atom. The number of aromatic nitrogens is 1. The predicted molar refractivity (Wildman–Crippen MR) is 109 cm³/mol. The highest BCUT2D eigenvalue weighted by Gasteiger charge is 2.12. The van der Waals surface area contributed by atoms with Crippen LogP contribution < -0.4 is 9.47 Å². The molecule has 0 saturated carbocycles. The van der Waals surface area contributed by atoms with Crippen molar-refractivity contribution in [3.63, 3.8) is 0 Å². The van der Waals surface area contributed by atoms with E-state index in [2.05, 4.69) is 45.4 Å². The Bertz CT molecular complexity index is 873. The third kappa shape index (κ3) is 5.58. The molecule has 5 heteroatoms. The Morgan fingerprint density at radius 2 is 1.96 bits per heavy atom. The fourth-order valence-electron chi connectivity index (χ4n) is 2.85. The van der Waals surface area contributed by atoms with Gasteiger partial charge in [0.2, 0.25) is 0 Å².